The third-order valence-electron chi connectivity index (χ3n) is 3.32. The first-order chi connectivity index (χ1) is 9.68. The molecule has 0 saturated carbocycles. The maximum atomic E-state index is 12.0. The Hall–Kier alpha value is -2.13. The van der Waals surface area contributed by atoms with Crippen LogP contribution in [0.15, 0.2) is 60.7 Å². The van der Waals surface area contributed by atoms with Crippen molar-refractivity contribution in [3.8, 4) is 0 Å². The van der Waals surface area contributed by atoms with Gasteiger partial charge < -0.3 is 10.5 Å². The number of rotatable bonds is 5. The highest BCUT2D eigenvalue weighted by Crippen LogP contribution is 2.20. The Labute approximate surface area is 119 Å². The van der Waals surface area contributed by atoms with E-state index in [1.807, 2.05) is 60.7 Å². The summed E-state index contributed by atoms with van der Waals surface area (Å²) in [6.07, 6.45) is 0. The van der Waals surface area contributed by atoms with Crippen LogP contribution in [0, 0.1) is 5.92 Å². The lowest BCUT2D eigenvalue weighted by atomic mass is 9.95. The molecule has 0 aromatic heterocycles. The van der Waals surface area contributed by atoms with Crippen molar-refractivity contribution in [3.63, 3.8) is 0 Å². The van der Waals surface area contributed by atoms with Crippen LogP contribution < -0.4 is 5.73 Å². The summed E-state index contributed by atoms with van der Waals surface area (Å²) in [5.41, 5.74) is 8.02. The van der Waals surface area contributed by atoms with Crippen LogP contribution in [0.25, 0.3) is 0 Å². The molecule has 2 aromatic carbocycles. The molecule has 0 radical (unpaired) electrons. The molecule has 0 saturated heterocycles. The molecule has 0 spiro atoms. The van der Waals surface area contributed by atoms with Gasteiger partial charge in [0.1, 0.15) is 6.61 Å². The zero-order valence-electron chi connectivity index (χ0n) is 11.5. The third kappa shape index (κ3) is 3.68. The summed E-state index contributed by atoms with van der Waals surface area (Å²) in [6, 6.07) is 18.9. The van der Waals surface area contributed by atoms with Gasteiger partial charge in [0.05, 0.1) is 5.92 Å². The number of ether oxygens (including phenoxy) is 1. The normalized spacial score (nSPS) is 13.5. The van der Waals surface area contributed by atoms with Gasteiger partial charge in [-0.1, -0.05) is 67.6 Å². The smallest absolute Gasteiger partial charge is 0.310 e. The largest absolute Gasteiger partial charge is 0.461 e. The molecule has 104 valence electrons. The predicted molar refractivity (Wildman–Crippen MR) is 78.8 cm³/mol. The number of carbonyl (C=O) groups is 1. The molecule has 0 bridgehead atoms. The topological polar surface area (TPSA) is 52.3 Å². The lowest BCUT2D eigenvalue weighted by Crippen LogP contribution is -2.27. The Kier molecular flexibility index (Phi) is 4.91. The first kappa shape index (κ1) is 14.3. The average molecular weight is 269 g/mol. The molecule has 0 fully saturated rings. The standard InChI is InChI=1S/C17H19NO2/c1-13(16(18)15-10-6-3-7-11-15)17(19)20-12-14-8-4-2-5-9-14/h2-11,13,16H,12,18H2,1H3. The Bertz CT molecular complexity index is 539. The van der Waals surface area contributed by atoms with E-state index < -0.39 is 0 Å². The lowest BCUT2D eigenvalue weighted by molar-refractivity contribution is -0.150. The molecule has 2 N–H and O–H groups in total. The molecule has 0 amide bonds. The van der Waals surface area contributed by atoms with Crippen LogP contribution >= 0.6 is 0 Å². The van der Waals surface area contributed by atoms with E-state index in [4.69, 9.17) is 10.5 Å². The van der Waals surface area contributed by atoms with Crippen LogP contribution in [-0.2, 0) is 16.1 Å². The molecule has 3 nitrogen and oxygen atoms in total. The Morgan fingerprint density at radius 3 is 2.20 bits per heavy atom. The zero-order chi connectivity index (χ0) is 14.4. The fourth-order valence-corrected chi connectivity index (χ4v) is 1.97. The van der Waals surface area contributed by atoms with E-state index in [2.05, 4.69) is 0 Å². The Balaban J connectivity index is 1.92. The second-order valence-electron chi connectivity index (χ2n) is 4.82. The molecular formula is C17H19NO2. The second kappa shape index (κ2) is 6.87. The molecule has 2 aromatic rings. The monoisotopic (exact) mass is 269 g/mol. The zero-order valence-corrected chi connectivity index (χ0v) is 11.5. The Morgan fingerprint density at radius 1 is 1.05 bits per heavy atom. The van der Waals surface area contributed by atoms with Crippen LogP contribution in [0.3, 0.4) is 0 Å². The summed E-state index contributed by atoms with van der Waals surface area (Å²) >= 11 is 0. The van der Waals surface area contributed by atoms with Crippen LogP contribution in [0.4, 0.5) is 0 Å². The van der Waals surface area contributed by atoms with Gasteiger partial charge in [0.2, 0.25) is 0 Å². The molecule has 0 aliphatic carbocycles. The van der Waals surface area contributed by atoms with Crippen molar-refractivity contribution in [1.82, 2.24) is 0 Å². The summed E-state index contributed by atoms with van der Waals surface area (Å²) in [7, 11) is 0. The molecule has 20 heavy (non-hydrogen) atoms. The number of hydrogen-bond acceptors (Lipinski definition) is 3. The van der Waals surface area contributed by atoms with Crippen LogP contribution in [0.5, 0.6) is 0 Å². The summed E-state index contributed by atoms with van der Waals surface area (Å²) in [5, 5.41) is 0. The lowest BCUT2D eigenvalue weighted by Gasteiger charge is -2.19. The van der Waals surface area contributed by atoms with E-state index >= 15 is 0 Å². The highest BCUT2D eigenvalue weighted by atomic mass is 16.5. The van der Waals surface area contributed by atoms with E-state index in [1.165, 1.54) is 0 Å². The van der Waals surface area contributed by atoms with Crippen molar-refractivity contribution in [2.24, 2.45) is 11.7 Å². The van der Waals surface area contributed by atoms with Gasteiger partial charge in [-0.2, -0.15) is 0 Å². The second-order valence-corrected chi connectivity index (χ2v) is 4.82. The predicted octanol–water partition coefficient (Wildman–Crippen LogP) is 3.07. The van der Waals surface area contributed by atoms with Crippen molar-refractivity contribution in [2.75, 3.05) is 0 Å². The van der Waals surface area contributed by atoms with Gasteiger partial charge >= 0.3 is 5.97 Å². The molecule has 0 heterocycles. The van der Waals surface area contributed by atoms with Gasteiger partial charge in [-0.3, -0.25) is 4.79 Å². The summed E-state index contributed by atoms with van der Waals surface area (Å²) in [4.78, 5) is 12.0. The molecule has 0 aliphatic heterocycles. The van der Waals surface area contributed by atoms with Crippen LogP contribution in [0.2, 0.25) is 0 Å². The van der Waals surface area contributed by atoms with E-state index in [1.54, 1.807) is 6.92 Å². The minimum Gasteiger partial charge on any atom is -0.461 e. The van der Waals surface area contributed by atoms with Crippen LogP contribution in [0.1, 0.15) is 24.1 Å². The highest BCUT2D eigenvalue weighted by Gasteiger charge is 2.23. The average Bonchev–Trinajstić information content (AvgIpc) is 2.53. The molecule has 3 heteroatoms. The minimum atomic E-state index is -0.374. The van der Waals surface area contributed by atoms with E-state index in [0.717, 1.165) is 11.1 Å². The first-order valence-corrected chi connectivity index (χ1v) is 6.69. The maximum absolute atomic E-state index is 12.0. The number of benzene rings is 2. The molecule has 2 rings (SSSR count). The van der Waals surface area contributed by atoms with Crippen molar-refractivity contribution in [3.05, 3.63) is 71.8 Å². The van der Waals surface area contributed by atoms with Crippen LogP contribution in [-0.4, -0.2) is 5.97 Å². The minimum absolute atomic E-state index is 0.273. The quantitative estimate of drug-likeness (QED) is 0.849. The maximum Gasteiger partial charge on any atom is 0.310 e. The number of nitrogens with two attached hydrogens (primary N) is 1. The number of esters is 1. The summed E-state index contributed by atoms with van der Waals surface area (Å²) < 4.78 is 5.31. The van der Waals surface area contributed by atoms with Crippen molar-refractivity contribution in [1.29, 1.82) is 0 Å². The Morgan fingerprint density at radius 2 is 1.60 bits per heavy atom. The summed E-state index contributed by atoms with van der Waals surface area (Å²) in [5.74, 6) is -0.647. The highest BCUT2D eigenvalue weighted by molar-refractivity contribution is 5.73. The van der Waals surface area contributed by atoms with E-state index in [-0.39, 0.29) is 24.5 Å². The molecule has 2 unspecified atom stereocenters. The van der Waals surface area contributed by atoms with Gasteiger partial charge in [0.25, 0.3) is 0 Å². The number of carbonyl (C=O) groups excluding carboxylic acids is 1. The van der Waals surface area contributed by atoms with Gasteiger partial charge in [-0.15, -0.1) is 0 Å². The third-order valence-corrected chi connectivity index (χ3v) is 3.32. The summed E-state index contributed by atoms with van der Waals surface area (Å²) in [6.45, 7) is 2.08. The van der Waals surface area contributed by atoms with E-state index in [0.29, 0.717) is 0 Å². The molecule has 0 aliphatic rings. The van der Waals surface area contributed by atoms with Crippen molar-refractivity contribution < 1.29 is 9.53 Å². The molecule has 2 atom stereocenters. The fraction of sp³-hybridized carbons (Fsp3) is 0.235. The first-order valence-electron chi connectivity index (χ1n) is 6.69. The fourth-order valence-electron chi connectivity index (χ4n) is 1.97. The van der Waals surface area contributed by atoms with Gasteiger partial charge in [0, 0.05) is 6.04 Å². The number of hydrogen-bond donors (Lipinski definition) is 1. The van der Waals surface area contributed by atoms with E-state index in [9.17, 15) is 4.79 Å². The van der Waals surface area contributed by atoms with Gasteiger partial charge in [-0.05, 0) is 11.1 Å². The molecular weight excluding hydrogens is 250 g/mol. The van der Waals surface area contributed by atoms with Gasteiger partial charge in [-0.25, -0.2) is 0 Å². The van der Waals surface area contributed by atoms with Crippen molar-refractivity contribution in [2.45, 2.75) is 19.6 Å². The van der Waals surface area contributed by atoms with Gasteiger partial charge in [0.15, 0.2) is 0 Å². The van der Waals surface area contributed by atoms with Crippen molar-refractivity contribution >= 4 is 5.97 Å². The SMILES string of the molecule is CC(C(=O)OCc1ccccc1)C(N)c1ccccc1.